The summed E-state index contributed by atoms with van der Waals surface area (Å²) in [5.41, 5.74) is 0. The van der Waals surface area contributed by atoms with Crippen LogP contribution in [0.4, 0.5) is 0 Å². The molecule has 0 aliphatic carbocycles. The number of amides is 1. The fourth-order valence-corrected chi connectivity index (χ4v) is 2.17. The SMILES string of the molecule is CCNC(=O)CN1CCCC(CCO)C1. The second-order valence-electron chi connectivity index (χ2n) is 4.21. The first-order chi connectivity index (χ1) is 7.26. The van der Waals surface area contributed by atoms with Gasteiger partial charge in [-0.25, -0.2) is 0 Å². The maximum Gasteiger partial charge on any atom is 0.234 e. The van der Waals surface area contributed by atoms with Crippen molar-refractivity contribution in [3.8, 4) is 0 Å². The lowest BCUT2D eigenvalue weighted by Gasteiger charge is -2.31. The summed E-state index contributed by atoms with van der Waals surface area (Å²) < 4.78 is 0. The Kier molecular flexibility index (Phi) is 5.65. The van der Waals surface area contributed by atoms with Crippen molar-refractivity contribution in [1.82, 2.24) is 10.2 Å². The summed E-state index contributed by atoms with van der Waals surface area (Å²) in [6, 6.07) is 0. The summed E-state index contributed by atoms with van der Waals surface area (Å²) in [5, 5.41) is 11.7. The molecule has 1 saturated heterocycles. The molecule has 0 radical (unpaired) electrons. The summed E-state index contributed by atoms with van der Waals surface area (Å²) in [4.78, 5) is 13.6. The number of carbonyl (C=O) groups excluding carboxylic acids is 1. The Morgan fingerprint density at radius 3 is 3.07 bits per heavy atom. The molecule has 1 aliphatic heterocycles. The van der Waals surface area contributed by atoms with E-state index in [2.05, 4.69) is 10.2 Å². The number of likely N-dealkylation sites (tertiary alicyclic amines) is 1. The zero-order chi connectivity index (χ0) is 11.1. The van der Waals surface area contributed by atoms with Crippen LogP contribution >= 0.6 is 0 Å². The Hall–Kier alpha value is -0.610. The number of aliphatic hydroxyl groups excluding tert-OH is 1. The quantitative estimate of drug-likeness (QED) is 0.688. The van der Waals surface area contributed by atoms with Crippen molar-refractivity contribution < 1.29 is 9.90 Å². The van der Waals surface area contributed by atoms with E-state index in [1.807, 2.05) is 6.92 Å². The zero-order valence-electron chi connectivity index (χ0n) is 9.54. The maximum absolute atomic E-state index is 11.4. The van der Waals surface area contributed by atoms with E-state index in [-0.39, 0.29) is 12.5 Å². The molecule has 1 amide bonds. The predicted octanol–water partition coefficient (Wildman–Crippen LogP) is 0.217. The number of aliphatic hydroxyl groups is 1. The fraction of sp³-hybridized carbons (Fsp3) is 0.909. The molecule has 0 aromatic carbocycles. The average Bonchev–Trinajstić information content (AvgIpc) is 2.19. The number of rotatable bonds is 5. The fourth-order valence-electron chi connectivity index (χ4n) is 2.17. The van der Waals surface area contributed by atoms with Crippen LogP contribution in [0.5, 0.6) is 0 Å². The standard InChI is InChI=1S/C11H22N2O2/c1-2-12-11(15)9-13-6-3-4-10(8-13)5-7-14/h10,14H,2-9H2,1H3,(H,12,15). The van der Waals surface area contributed by atoms with Gasteiger partial charge in [-0.3, -0.25) is 9.69 Å². The lowest BCUT2D eigenvalue weighted by Crippen LogP contribution is -2.42. The number of nitrogens with zero attached hydrogens (tertiary/aromatic N) is 1. The van der Waals surface area contributed by atoms with Crippen molar-refractivity contribution in [1.29, 1.82) is 0 Å². The van der Waals surface area contributed by atoms with Crippen LogP contribution in [0.2, 0.25) is 0 Å². The van der Waals surface area contributed by atoms with Gasteiger partial charge < -0.3 is 10.4 Å². The van der Waals surface area contributed by atoms with Crippen molar-refractivity contribution in [2.45, 2.75) is 26.2 Å². The van der Waals surface area contributed by atoms with E-state index in [1.54, 1.807) is 0 Å². The Bertz CT molecular complexity index is 195. The molecule has 0 bridgehead atoms. The van der Waals surface area contributed by atoms with Crippen molar-refractivity contribution in [2.24, 2.45) is 5.92 Å². The third-order valence-corrected chi connectivity index (χ3v) is 2.88. The van der Waals surface area contributed by atoms with Crippen LogP contribution in [0.25, 0.3) is 0 Å². The molecule has 15 heavy (non-hydrogen) atoms. The van der Waals surface area contributed by atoms with Gasteiger partial charge in [0.2, 0.25) is 5.91 Å². The highest BCUT2D eigenvalue weighted by Gasteiger charge is 2.20. The van der Waals surface area contributed by atoms with Crippen molar-refractivity contribution in [3.63, 3.8) is 0 Å². The predicted molar refractivity (Wildman–Crippen MR) is 59.6 cm³/mol. The van der Waals surface area contributed by atoms with Gasteiger partial charge in [0.15, 0.2) is 0 Å². The van der Waals surface area contributed by atoms with Gasteiger partial charge in [0.05, 0.1) is 6.54 Å². The molecule has 0 aromatic rings. The van der Waals surface area contributed by atoms with Gasteiger partial charge in [-0.1, -0.05) is 0 Å². The summed E-state index contributed by atoms with van der Waals surface area (Å²) in [6.45, 7) is 5.38. The van der Waals surface area contributed by atoms with E-state index >= 15 is 0 Å². The van der Waals surface area contributed by atoms with Crippen LogP contribution in [0, 0.1) is 5.92 Å². The minimum Gasteiger partial charge on any atom is -0.396 e. The Balaban J connectivity index is 2.26. The highest BCUT2D eigenvalue weighted by molar-refractivity contribution is 5.77. The number of hydrogen-bond donors (Lipinski definition) is 2. The molecule has 1 aliphatic rings. The van der Waals surface area contributed by atoms with Gasteiger partial charge >= 0.3 is 0 Å². The van der Waals surface area contributed by atoms with Crippen LogP contribution < -0.4 is 5.32 Å². The molecule has 1 fully saturated rings. The molecule has 1 unspecified atom stereocenters. The number of hydrogen-bond acceptors (Lipinski definition) is 3. The van der Waals surface area contributed by atoms with Crippen LogP contribution in [-0.2, 0) is 4.79 Å². The molecule has 0 spiro atoms. The Labute approximate surface area is 91.6 Å². The van der Waals surface area contributed by atoms with E-state index in [9.17, 15) is 4.79 Å². The maximum atomic E-state index is 11.4. The molecule has 0 aromatic heterocycles. The van der Waals surface area contributed by atoms with Gasteiger partial charge in [0.1, 0.15) is 0 Å². The minimum absolute atomic E-state index is 0.113. The number of piperidine rings is 1. The number of nitrogens with one attached hydrogen (secondary N) is 1. The summed E-state index contributed by atoms with van der Waals surface area (Å²) in [7, 11) is 0. The van der Waals surface area contributed by atoms with E-state index in [0.29, 0.717) is 19.0 Å². The summed E-state index contributed by atoms with van der Waals surface area (Å²) in [5.74, 6) is 0.681. The highest BCUT2D eigenvalue weighted by atomic mass is 16.3. The number of likely N-dealkylation sites (N-methyl/N-ethyl adjacent to an activating group) is 1. The molecule has 2 N–H and O–H groups in total. The average molecular weight is 214 g/mol. The van der Waals surface area contributed by atoms with Gasteiger partial charge in [-0.15, -0.1) is 0 Å². The minimum atomic E-state index is 0.113. The van der Waals surface area contributed by atoms with E-state index < -0.39 is 0 Å². The molecular weight excluding hydrogens is 192 g/mol. The van der Waals surface area contributed by atoms with Crippen LogP contribution in [0.3, 0.4) is 0 Å². The number of carbonyl (C=O) groups is 1. The van der Waals surface area contributed by atoms with E-state index in [1.165, 1.54) is 6.42 Å². The summed E-state index contributed by atoms with van der Waals surface area (Å²) >= 11 is 0. The first-order valence-electron chi connectivity index (χ1n) is 5.86. The topological polar surface area (TPSA) is 52.6 Å². The molecule has 4 heteroatoms. The van der Waals surface area contributed by atoms with Crippen LogP contribution in [0.15, 0.2) is 0 Å². The first-order valence-corrected chi connectivity index (χ1v) is 5.86. The third-order valence-electron chi connectivity index (χ3n) is 2.88. The van der Waals surface area contributed by atoms with Crippen molar-refractivity contribution in [2.75, 3.05) is 32.8 Å². The van der Waals surface area contributed by atoms with Gasteiger partial charge in [-0.2, -0.15) is 0 Å². The Morgan fingerprint density at radius 2 is 2.40 bits per heavy atom. The van der Waals surface area contributed by atoms with E-state index in [0.717, 1.165) is 25.9 Å². The molecule has 88 valence electrons. The van der Waals surface area contributed by atoms with Gasteiger partial charge in [-0.05, 0) is 38.6 Å². The van der Waals surface area contributed by atoms with Crippen LogP contribution in [-0.4, -0.2) is 48.7 Å². The molecular formula is C11H22N2O2. The first kappa shape index (κ1) is 12.5. The molecule has 1 rings (SSSR count). The van der Waals surface area contributed by atoms with Crippen molar-refractivity contribution >= 4 is 5.91 Å². The van der Waals surface area contributed by atoms with Gasteiger partial charge in [0.25, 0.3) is 0 Å². The third kappa shape index (κ3) is 4.62. The smallest absolute Gasteiger partial charge is 0.234 e. The van der Waals surface area contributed by atoms with Gasteiger partial charge in [0, 0.05) is 19.7 Å². The highest BCUT2D eigenvalue weighted by Crippen LogP contribution is 2.18. The summed E-state index contributed by atoms with van der Waals surface area (Å²) in [6.07, 6.45) is 3.20. The lowest BCUT2D eigenvalue weighted by molar-refractivity contribution is -0.122. The Morgan fingerprint density at radius 1 is 1.60 bits per heavy atom. The van der Waals surface area contributed by atoms with E-state index in [4.69, 9.17) is 5.11 Å². The second kappa shape index (κ2) is 6.80. The zero-order valence-corrected chi connectivity index (χ0v) is 9.54. The molecule has 0 saturated carbocycles. The van der Waals surface area contributed by atoms with Crippen LogP contribution in [0.1, 0.15) is 26.2 Å². The normalized spacial score (nSPS) is 22.7. The monoisotopic (exact) mass is 214 g/mol. The lowest BCUT2D eigenvalue weighted by atomic mass is 9.95. The molecule has 4 nitrogen and oxygen atoms in total. The molecule has 1 heterocycles. The van der Waals surface area contributed by atoms with Crippen molar-refractivity contribution in [3.05, 3.63) is 0 Å². The molecule has 1 atom stereocenters. The second-order valence-corrected chi connectivity index (χ2v) is 4.21. The largest absolute Gasteiger partial charge is 0.396 e.